The summed E-state index contributed by atoms with van der Waals surface area (Å²) in [4.78, 5) is 27.6. The van der Waals surface area contributed by atoms with Gasteiger partial charge in [-0.3, -0.25) is 9.69 Å². The summed E-state index contributed by atoms with van der Waals surface area (Å²) in [6.07, 6.45) is 0.636. The van der Waals surface area contributed by atoms with Crippen molar-refractivity contribution in [3.8, 4) is 0 Å². The molecule has 1 atom stereocenters. The number of benzene rings is 1. The van der Waals surface area contributed by atoms with Gasteiger partial charge >= 0.3 is 0 Å². The Morgan fingerprint density at radius 1 is 1.11 bits per heavy atom. The van der Waals surface area contributed by atoms with E-state index in [1.807, 2.05) is 48.2 Å². The van der Waals surface area contributed by atoms with E-state index < -0.39 is 0 Å². The summed E-state index contributed by atoms with van der Waals surface area (Å²) < 4.78 is 0. The van der Waals surface area contributed by atoms with E-state index in [4.69, 9.17) is 5.73 Å². The molecule has 0 aliphatic carbocycles. The number of nitrogen functional groups attached to an aromatic ring is 1. The van der Waals surface area contributed by atoms with Crippen LogP contribution in [0.5, 0.6) is 0 Å². The molecule has 0 spiro atoms. The topological polar surface area (TPSA) is 78.6 Å². The van der Waals surface area contributed by atoms with Gasteiger partial charge in [-0.25, -0.2) is 4.98 Å². The van der Waals surface area contributed by atoms with Crippen LogP contribution in [0.25, 0.3) is 0 Å². The number of aryl methyl sites for hydroxylation is 1. The molecule has 0 unspecified atom stereocenters. The molecule has 1 amide bonds. The van der Waals surface area contributed by atoms with Crippen LogP contribution in [0.15, 0.2) is 36.4 Å². The average Bonchev–Trinajstić information content (AvgIpc) is 3.02. The number of rotatable bonds is 4. The van der Waals surface area contributed by atoms with E-state index in [1.165, 1.54) is 0 Å². The van der Waals surface area contributed by atoms with E-state index in [0.29, 0.717) is 18.3 Å². The molecule has 7 nitrogen and oxygen atoms in total. The third-order valence-corrected chi connectivity index (χ3v) is 5.34. The molecule has 0 radical (unpaired) electrons. The first kappa shape index (κ1) is 17.7. The number of anilines is 3. The fraction of sp³-hybridized carbons (Fsp3) is 0.450. The molecule has 2 aliphatic heterocycles. The first-order chi connectivity index (χ1) is 13.1. The third kappa shape index (κ3) is 4.03. The van der Waals surface area contributed by atoms with Crippen LogP contribution in [0.4, 0.5) is 17.5 Å². The van der Waals surface area contributed by atoms with Crippen LogP contribution < -0.4 is 15.5 Å². The van der Waals surface area contributed by atoms with Gasteiger partial charge in [0.05, 0.1) is 0 Å². The van der Waals surface area contributed by atoms with Crippen LogP contribution in [-0.4, -0.2) is 60.0 Å². The zero-order valence-corrected chi connectivity index (χ0v) is 15.7. The highest BCUT2D eigenvalue weighted by atomic mass is 16.2. The van der Waals surface area contributed by atoms with Crippen LogP contribution >= 0.6 is 0 Å². The number of amides is 1. The van der Waals surface area contributed by atoms with E-state index in [9.17, 15) is 4.79 Å². The minimum absolute atomic E-state index is 0.233. The monoisotopic (exact) mass is 366 g/mol. The van der Waals surface area contributed by atoms with E-state index >= 15 is 0 Å². The molecule has 0 bridgehead atoms. The Hall–Kier alpha value is -2.67. The van der Waals surface area contributed by atoms with Crippen molar-refractivity contribution in [2.24, 2.45) is 5.92 Å². The van der Waals surface area contributed by atoms with Crippen molar-refractivity contribution in [2.45, 2.75) is 13.3 Å². The lowest BCUT2D eigenvalue weighted by Crippen LogP contribution is -2.48. The Morgan fingerprint density at radius 3 is 2.56 bits per heavy atom. The number of nitrogens with two attached hydrogens (primary N) is 1. The molecule has 1 aromatic carbocycles. The number of nitrogens with zero attached hydrogens (tertiary/aromatic N) is 5. The number of piperazine rings is 1. The second-order valence-electron chi connectivity index (χ2n) is 7.42. The van der Waals surface area contributed by atoms with Crippen LogP contribution in [0, 0.1) is 12.8 Å². The summed E-state index contributed by atoms with van der Waals surface area (Å²) in [6, 6.07) is 11.9. The van der Waals surface area contributed by atoms with E-state index in [0.717, 1.165) is 56.5 Å². The van der Waals surface area contributed by atoms with E-state index in [2.05, 4.69) is 19.8 Å². The molecule has 2 aromatic rings. The standard InChI is InChI=1S/C20H26N6O/c1-15-11-18(23-20(21)22-15)25-9-7-24(8-10-25)13-16-12-19(27)26(14-16)17-5-3-2-4-6-17/h2-6,11,16H,7-10,12-14H2,1H3,(H2,21,22,23)/t16-/m1/s1. The van der Waals surface area contributed by atoms with Gasteiger partial charge < -0.3 is 15.5 Å². The molecule has 1 aromatic heterocycles. The molecule has 0 saturated carbocycles. The summed E-state index contributed by atoms with van der Waals surface area (Å²) in [7, 11) is 0. The molecular weight excluding hydrogens is 340 g/mol. The predicted molar refractivity (Wildman–Crippen MR) is 107 cm³/mol. The molecule has 4 rings (SSSR count). The molecule has 3 heterocycles. The van der Waals surface area contributed by atoms with Crippen molar-refractivity contribution >= 4 is 23.4 Å². The number of para-hydroxylation sites is 1. The Morgan fingerprint density at radius 2 is 1.85 bits per heavy atom. The fourth-order valence-corrected chi connectivity index (χ4v) is 4.02. The molecule has 27 heavy (non-hydrogen) atoms. The largest absolute Gasteiger partial charge is 0.368 e. The Balaban J connectivity index is 1.31. The quantitative estimate of drug-likeness (QED) is 0.884. The van der Waals surface area contributed by atoms with Crippen molar-refractivity contribution in [1.82, 2.24) is 14.9 Å². The Kier molecular flexibility index (Phi) is 4.94. The maximum Gasteiger partial charge on any atom is 0.227 e. The highest BCUT2D eigenvalue weighted by Crippen LogP contribution is 2.26. The number of carbonyl (C=O) groups excluding carboxylic acids is 1. The van der Waals surface area contributed by atoms with Gasteiger partial charge in [0.2, 0.25) is 11.9 Å². The first-order valence-corrected chi connectivity index (χ1v) is 9.52. The summed E-state index contributed by atoms with van der Waals surface area (Å²) in [5.74, 6) is 1.86. The van der Waals surface area contributed by atoms with Gasteiger partial charge in [-0.1, -0.05) is 18.2 Å². The highest BCUT2D eigenvalue weighted by Gasteiger charge is 2.32. The highest BCUT2D eigenvalue weighted by molar-refractivity contribution is 5.95. The molecule has 2 N–H and O–H groups in total. The summed E-state index contributed by atoms with van der Waals surface area (Å²) >= 11 is 0. The van der Waals surface area contributed by atoms with E-state index in [-0.39, 0.29) is 5.91 Å². The summed E-state index contributed by atoms with van der Waals surface area (Å²) in [6.45, 7) is 7.49. The lowest BCUT2D eigenvalue weighted by atomic mass is 10.1. The zero-order valence-electron chi connectivity index (χ0n) is 15.7. The van der Waals surface area contributed by atoms with Gasteiger partial charge in [0, 0.05) is 63.1 Å². The minimum Gasteiger partial charge on any atom is -0.368 e. The molecule has 2 fully saturated rings. The third-order valence-electron chi connectivity index (χ3n) is 5.34. The first-order valence-electron chi connectivity index (χ1n) is 9.52. The predicted octanol–water partition coefficient (Wildman–Crippen LogP) is 1.54. The van der Waals surface area contributed by atoms with Crippen LogP contribution in [0.1, 0.15) is 12.1 Å². The van der Waals surface area contributed by atoms with Crippen molar-refractivity contribution < 1.29 is 4.79 Å². The van der Waals surface area contributed by atoms with Crippen LogP contribution in [-0.2, 0) is 4.79 Å². The number of aromatic nitrogens is 2. The fourth-order valence-electron chi connectivity index (χ4n) is 4.02. The van der Waals surface area contributed by atoms with Gasteiger partial charge in [0.1, 0.15) is 5.82 Å². The van der Waals surface area contributed by atoms with E-state index in [1.54, 1.807) is 0 Å². The van der Waals surface area contributed by atoms with Crippen LogP contribution in [0.3, 0.4) is 0 Å². The average molecular weight is 366 g/mol. The number of hydrogen-bond donors (Lipinski definition) is 1. The second kappa shape index (κ2) is 7.52. The second-order valence-corrected chi connectivity index (χ2v) is 7.42. The van der Waals surface area contributed by atoms with Gasteiger partial charge in [0.15, 0.2) is 0 Å². The van der Waals surface area contributed by atoms with Gasteiger partial charge in [-0.2, -0.15) is 4.98 Å². The lowest BCUT2D eigenvalue weighted by molar-refractivity contribution is -0.117. The molecule has 142 valence electrons. The van der Waals surface area contributed by atoms with Gasteiger partial charge in [-0.15, -0.1) is 0 Å². The summed E-state index contributed by atoms with van der Waals surface area (Å²) in [5.41, 5.74) is 7.68. The molecular formula is C20H26N6O. The maximum absolute atomic E-state index is 12.4. The van der Waals surface area contributed by atoms with Crippen molar-refractivity contribution in [1.29, 1.82) is 0 Å². The number of carbonyl (C=O) groups is 1. The summed E-state index contributed by atoms with van der Waals surface area (Å²) in [5, 5.41) is 0. The van der Waals surface area contributed by atoms with Crippen LogP contribution in [0.2, 0.25) is 0 Å². The van der Waals surface area contributed by atoms with Gasteiger partial charge in [-0.05, 0) is 25.0 Å². The molecule has 2 aliphatic rings. The zero-order chi connectivity index (χ0) is 18.8. The molecule has 2 saturated heterocycles. The van der Waals surface area contributed by atoms with Gasteiger partial charge in [0.25, 0.3) is 0 Å². The SMILES string of the molecule is Cc1cc(N2CCN(C[C@H]3CC(=O)N(c4ccccc4)C3)CC2)nc(N)n1. The van der Waals surface area contributed by atoms with Crippen molar-refractivity contribution in [2.75, 3.05) is 54.8 Å². The minimum atomic E-state index is 0.233. The van der Waals surface area contributed by atoms with Crippen molar-refractivity contribution in [3.63, 3.8) is 0 Å². The lowest BCUT2D eigenvalue weighted by Gasteiger charge is -2.36. The number of hydrogen-bond acceptors (Lipinski definition) is 6. The molecule has 7 heteroatoms. The normalized spacial score (nSPS) is 21.1. The Bertz CT molecular complexity index is 783. The Labute approximate surface area is 159 Å². The van der Waals surface area contributed by atoms with Crippen molar-refractivity contribution in [3.05, 3.63) is 42.1 Å². The maximum atomic E-state index is 12.4. The smallest absolute Gasteiger partial charge is 0.227 e.